The number of amides is 1. The fourth-order valence-electron chi connectivity index (χ4n) is 3.32. The van der Waals surface area contributed by atoms with Crippen LogP contribution in [-0.4, -0.2) is 38.2 Å². The number of benzene rings is 2. The SMILES string of the molecule is CCc1ccccc1N(C(C)=O)c1nc(COC(=O)c2cc(OC)c(OC)c(OC)c2)cs1. The van der Waals surface area contributed by atoms with Crippen LogP contribution in [0.15, 0.2) is 41.8 Å². The van der Waals surface area contributed by atoms with Crippen LogP contribution in [0.2, 0.25) is 0 Å². The van der Waals surface area contributed by atoms with Crippen LogP contribution in [0.3, 0.4) is 0 Å². The highest BCUT2D eigenvalue weighted by molar-refractivity contribution is 7.14. The van der Waals surface area contributed by atoms with Crippen LogP contribution in [0.5, 0.6) is 17.2 Å². The molecule has 3 aromatic rings. The molecule has 2 aromatic carbocycles. The maximum absolute atomic E-state index is 12.6. The number of methoxy groups -OCH3 is 3. The molecule has 0 atom stereocenters. The summed E-state index contributed by atoms with van der Waals surface area (Å²) in [7, 11) is 4.43. The number of thiazole rings is 1. The van der Waals surface area contributed by atoms with Gasteiger partial charge in [0.25, 0.3) is 0 Å². The van der Waals surface area contributed by atoms with Gasteiger partial charge in [0.1, 0.15) is 6.61 Å². The second-order valence-corrected chi connectivity index (χ2v) is 7.78. The summed E-state index contributed by atoms with van der Waals surface area (Å²) in [6.45, 7) is 3.48. The van der Waals surface area contributed by atoms with Crippen molar-refractivity contribution in [2.24, 2.45) is 0 Å². The summed E-state index contributed by atoms with van der Waals surface area (Å²) < 4.78 is 21.3. The summed E-state index contributed by atoms with van der Waals surface area (Å²) in [6, 6.07) is 10.8. The van der Waals surface area contributed by atoms with E-state index in [1.54, 1.807) is 10.3 Å². The number of para-hydroxylation sites is 1. The van der Waals surface area contributed by atoms with Crippen molar-refractivity contribution in [3.8, 4) is 17.2 Å². The monoisotopic (exact) mass is 470 g/mol. The minimum Gasteiger partial charge on any atom is -0.493 e. The highest BCUT2D eigenvalue weighted by atomic mass is 32.1. The van der Waals surface area contributed by atoms with E-state index in [9.17, 15) is 9.59 Å². The number of rotatable bonds is 9. The first-order valence-electron chi connectivity index (χ1n) is 10.2. The highest BCUT2D eigenvalue weighted by Crippen LogP contribution is 2.38. The number of ether oxygens (including phenoxy) is 4. The van der Waals surface area contributed by atoms with Crippen molar-refractivity contribution < 1.29 is 28.5 Å². The van der Waals surface area contributed by atoms with Crippen LogP contribution < -0.4 is 19.1 Å². The molecule has 1 amide bonds. The summed E-state index contributed by atoms with van der Waals surface area (Å²) >= 11 is 1.31. The number of aromatic nitrogens is 1. The third kappa shape index (κ3) is 5.25. The van der Waals surface area contributed by atoms with Crippen molar-refractivity contribution in [3.63, 3.8) is 0 Å². The molecule has 0 aliphatic carbocycles. The second kappa shape index (κ2) is 10.8. The Morgan fingerprint density at radius 1 is 1.03 bits per heavy atom. The molecular formula is C24H26N2O6S. The molecule has 1 aromatic heterocycles. The van der Waals surface area contributed by atoms with E-state index in [1.807, 2.05) is 31.2 Å². The molecule has 0 fully saturated rings. The number of nitrogens with zero attached hydrogens (tertiary/aromatic N) is 2. The van der Waals surface area contributed by atoms with E-state index < -0.39 is 5.97 Å². The first kappa shape index (κ1) is 24.1. The van der Waals surface area contributed by atoms with E-state index in [1.165, 1.54) is 51.7 Å². The summed E-state index contributed by atoms with van der Waals surface area (Å²) in [4.78, 5) is 31.2. The van der Waals surface area contributed by atoms with Gasteiger partial charge in [0.05, 0.1) is 38.3 Å². The molecule has 0 radical (unpaired) electrons. The largest absolute Gasteiger partial charge is 0.493 e. The average molecular weight is 471 g/mol. The number of hydrogen-bond donors (Lipinski definition) is 0. The van der Waals surface area contributed by atoms with Gasteiger partial charge >= 0.3 is 5.97 Å². The number of hydrogen-bond acceptors (Lipinski definition) is 8. The maximum atomic E-state index is 12.6. The smallest absolute Gasteiger partial charge is 0.338 e. The predicted molar refractivity (Wildman–Crippen MR) is 126 cm³/mol. The Hall–Kier alpha value is -3.59. The minimum absolute atomic E-state index is 0.0484. The van der Waals surface area contributed by atoms with Crippen molar-refractivity contribution in [3.05, 3.63) is 58.6 Å². The van der Waals surface area contributed by atoms with E-state index in [0.29, 0.717) is 28.1 Å². The van der Waals surface area contributed by atoms with Crippen molar-refractivity contribution in [1.82, 2.24) is 4.98 Å². The Kier molecular flexibility index (Phi) is 7.89. The number of carbonyl (C=O) groups excluding carboxylic acids is 2. The average Bonchev–Trinajstić information content (AvgIpc) is 3.29. The Balaban J connectivity index is 1.78. The van der Waals surface area contributed by atoms with E-state index in [2.05, 4.69) is 4.98 Å². The van der Waals surface area contributed by atoms with Crippen molar-refractivity contribution in [2.45, 2.75) is 26.9 Å². The van der Waals surface area contributed by atoms with Gasteiger partial charge in [-0.1, -0.05) is 25.1 Å². The van der Waals surface area contributed by atoms with Crippen LogP contribution in [0, 0.1) is 0 Å². The zero-order valence-corrected chi connectivity index (χ0v) is 20.0. The lowest BCUT2D eigenvalue weighted by Crippen LogP contribution is -2.23. The van der Waals surface area contributed by atoms with Crippen molar-refractivity contribution in [1.29, 1.82) is 0 Å². The highest BCUT2D eigenvalue weighted by Gasteiger charge is 2.21. The number of carbonyl (C=O) groups is 2. The van der Waals surface area contributed by atoms with Gasteiger partial charge in [-0.15, -0.1) is 11.3 Å². The van der Waals surface area contributed by atoms with Crippen LogP contribution in [0.25, 0.3) is 0 Å². The number of anilines is 2. The van der Waals surface area contributed by atoms with Crippen molar-refractivity contribution >= 4 is 34.0 Å². The fraction of sp³-hybridized carbons (Fsp3) is 0.292. The molecule has 3 rings (SSSR count). The zero-order chi connectivity index (χ0) is 24.0. The van der Waals surface area contributed by atoms with Gasteiger partial charge in [0, 0.05) is 12.3 Å². The van der Waals surface area contributed by atoms with E-state index in [4.69, 9.17) is 18.9 Å². The molecule has 1 heterocycles. The lowest BCUT2D eigenvalue weighted by atomic mass is 10.1. The molecular weight excluding hydrogens is 444 g/mol. The molecule has 0 bridgehead atoms. The lowest BCUT2D eigenvalue weighted by Gasteiger charge is -2.20. The maximum Gasteiger partial charge on any atom is 0.338 e. The van der Waals surface area contributed by atoms with Gasteiger partial charge in [0.15, 0.2) is 16.6 Å². The predicted octanol–water partition coefficient (Wildman–Crippen LogP) is 4.77. The normalized spacial score (nSPS) is 10.5. The molecule has 8 nitrogen and oxygen atoms in total. The van der Waals surface area contributed by atoms with Gasteiger partial charge in [-0.05, 0) is 30.2 Å². The summed E-state index contributed by atoms with van der Waals surface area (Å²) in [5.74, 6) is 0.380. The molecule has 0 aliphatic rings. The van der Waals surface area contributed by atoms with Gasteiger partial charge in [-0.3, -0.25) is 9.69 Å². The summed E-state index contributed by atoms with van der Waals surface area (Å²) in [5.41, 5.74) is 2.62. The van der Waals surface area contributed by atoms with Crippen LogP contribution in [0.1, 0.15) is 35.5 Å². The van der Waals surface area contributed by atoms with Crippen LogP contribution in [0.4, 0.5) is 10.8 Å². The first-order valence-corrected chi connectivity index (χ1v) is 11.1. The molecule has 33 heavy (non-hydrogen) atoms. The standard InChI is InChI=1S/C24H26N2O6S/c1-6-16-9-7-8-10-19(16)26(15(2)27)24-25-18(14-33-24)13-32-23(28)17-11-20(29-3)22(31-5)21(12-17)30-4/h7-12,14H,6,13H2,1-5H3. The van der Waals surface area contributed by atoms with Crippen molar-refractivity contribution in [2.75, 3.05) is 26.2 Å². The lowest BCUT2D eigenvalue weighted by molar-refractivity contribution is -0.115. The molecule has 174 valence electrons. The molecule has 0 saturated carbocycles. The molecule has 0 N–H and O–H groups in total. The van der Waals surface area contributed by atoms with E-state index >= 15 is 0 Å². The molecule has 0 aliphatic heterocycles. The molecule has 0 saturated heterocycles. The Morgan fingerprint density at radius 2 is 1.70 bits per heavy atom. The van der Waals surface area contributed by atoms with Gasteiger partial charge < -0.3 is 18.9 Å². The van der Waals surface area contributed by atoms with E-state index in [-0.39, 0.29) is 18.1 Å². The third-order valence-corrected chi connectivity index (χ3v) is 5.79. The topological polar surface area (TPSA) is 87.2 Å². The van der Waals surface area contributed by atoms with Crippen LogP contribution >= 0.6 is 11.3 Å². The third-order valence-electron chi connectivity index (χ3n) is 4.91. The molecule has 0 spiro atoms. The molecule has 9 heteroatoms. The van der Waals surface area contributed by atoms with E-state index in [0.717, 1.165) is 17.7 Å². The Morgan fingerprint density at radius 3 is 2.27 bits per heavy atom. The Labute approximate surface area is 196 Å². The quantitative estimate of drug-likeness (QED) is 0.416. The fourth-order valence-corrected chi connectivity index (χ4v) is 4.19. The van der Waals surface area contributed by atoms with Gasteiger partial charge in [-0.2, -0.15) is 0 Å². The summed E-state index contributed by atoms with van der Waals surface area (Å²) in [5, 5.41) is 2.28. The van der Waals surface area contributed by atoms with Crippen LogP contribution in [-0.2, 0) is 22.6 Å². The summed E-state index contributed by atoms with van der Waals surface area (Å²) in [6.07, 6.45) is 0.782. The minimum atomic E-state index is -0.566. The first-order chi connectivity index (χ1) is 15.9. The zero-order valence-electron chi connectivity index (χ0n) is 19.2. The second-order valence-electron chi connectivity index (χ2n) is 6.95. The Bertz CT molecular complexity index is 1120. The number of esters is 1. The number of aryl methyl sites for hydroxylation is 1. The van der Waals surface area contributed by atoms with Gasteiger partial charge in [0.2, 0.25) is 11.7 Å². The van der Waals surface area contributed by atoms with Gasteiger partial charge in [-0.25, -0.2) is 9.78 Å². The molecule has 0 unspecified atom stereocenters.